The second-order valence-corrected chi connectivity index (χ2v) is 5.24. The van der Waals surface area contributed by atoms with Crippen LogP contribution in [-0.4, -0.2) is 29.7 Å². The van der Waals surface area contributed by atoms with Gasteiger partial charge in [-0.15, -0.1) is 0 Å². The van der Waals surface area contributed by atoms with Crippen LogP contribution in [0.2, 0.25) is 0 Å². The fraction of sp³-hybridized carbons (Fsp3) is 0.467. The number of hydrazine groups is 1. The average Bonchev–Trinajstić information content (AvgIpc) is 2.88. The molecule has 1 aliphatic heterocycles. The van der Waals surface area contributed by atoms with Crippen molar-refractivity contribution in [3.63, 3.8) is 0 Å². The number of benzene rings is 1. The van der Waals surface area contributed by atoms with Crippen LogP contribution < -0.4 is 5.43 Å². The minimum Gasteiger partial charge on any atom is -0.288 e. The molecular formula is C15H16F3N3O. The summed E-state index contributed by atoms with van der Waals surface area (Å²) in [6, 6.07) is 7.18. The molecule has 1 aromatic rings. The summed E-state index contributed by atoms with van der Waals surface area (Å²) in [6.07, 6.45) is -3.60. The molecular weight excluding hydrogens is 295 g/mol. The van der Waals surface area contributed by atoms with E-state index in [0.29, 0.717) is 18.4 Å². The zero-order chi connectivity index (χ0) is 16.2. The molecule has 0 aromatic heterocycles. The van der Waals surface area contributed by atoms with Crippen LogP contribution in [0.25, 0.3) is 0 Å². The number of hydrogen-bond donors (Lipinski definition) is 1. The van der Waals surface area contributed by atoms with E-state index in [1.54, 1.807) is 24.3 Å². The van der Waals surface area contributed by atoms with E-state index >= 15 is 0 Å². The van der Waals surface area contributed by atoms with E-state index in [9.17, 15) is 18.0 Å². The molecule has 1 N–H and O–H groups in total. The molecule has 0 spiro atoms. The van der Waals surface area contributed by atoms with E-state index in [0.717, 1.165) is 10.6 Å². The Labute approximate surface area is 126 Å². The van der Waals surface area contributed by atoms with Crippen LogP contribution in [-0.2, 0) is 11.2 Å². The molecule has 1 aliphatic rings. The van der Waals surface area contributed by atoms with Crippen LogP contribution >= 0.6 is 0 Å². The van der Waals surface area contributed by atoms with Gasteiger partial charge >= 0.3 is 6.18 Å². The summed E-state index contributed by atoms with van der Waals surface area (Å²) in [6.45, 7) is 0.0763. The van der Waals surface area contributed by atoms with Gasteiger partial charge in [-0.3, -0.25) is 10.2 Å². The minimum atomic E-state index is -4.38. The fourth-order valence-electron chi connectivity index (χ4n) is 2.52. The van der Waals surface area contributed by atoms with Gasteiger partial charge < -0.3 is 0 Å². The summed E-state index contributed by atoms with van der Waals surface area (Å²) in [4.78, 5) is 11.1. The van der Waals surface area contributed by atoms with Gasteiger partial charge in [-0.05, 0) is 37.0 Å². The first-order valence-electron chi connectivity index (χ1n) is 7.02. The number of amides is 1. The van der Waals surface area contributed by atoms with Crippen LogP contribution in [0.15, 0.2) is 24.3 Å². The van der Waals surface area contributed by atoms with Crippen molar-refractivity contribution in [2.45, 2.75) is 37.9 Å². The number of carbonyl (C=O) groups excluding carboxylic acids is 1. The number of alkyl halides is 3. The van der Waals surface area contributed by atoms with Crippen LogP contribution in [0.5, 0.6) is 0 Å². The van der Waals surface area contributed by atoms with Crippen molar-refractivity contribution >= 4 is 5.91 Å². The van der Waals surface area contributed by atoms with Crippen molar-refractivity contribution < 1.29 is 18.0 Å². The van der Waals surface area contributed by atoms with E-state index in [2.05, 4.69) is 5.43 Å². The highest BCUT2D eigenvalue weighted by Gasteiger charge is 2.45. The third-order valence-corrected chi connectivity index (χ3v) is 3.60. The Balaban J connectivity index is 1.94. The van der Waals surface area contributed by atoms with Gasteiger partial charge in [0.25, 0.3) is 0 Å². The van der Waals surface area contributed by atoms with Gasteiger partial charge in [0.15, 0.2) is 0 Å². The molecule has 0 unspecified atom stereocenters. The monoisotopic (exact) mass is 311 g/mol. The quantitative estimate of drug-likeness (QED) is 0.909. The third-order valence-electron chi connectivity index (χ3n) is 3.60. The SMILES string of the molecule is N#Cc1cccc(CCC[C@H](N2CCC(=O)N2)C(F)(F)F)c1. The van der Waals surface area contributed by atoms with Crippen LogP contribution in [0.4, 0.5) is 13.2 Å². The van der Waals surface area contributed by atoms with Crippen molar-refractivity contribution in [1.29, 1.82) is 5.26 Å². The standard InChI is InChI=1S/C15H16F3N3O/c16-15(17,18)13(21-8-7-14(22)20-21)6-2-4-11-3-1-5-12(9-11)10-19/h1,3,5,9,13H,2,4,6-8H2,(H,20,22)/t13-/m0/s1. The molecule has 1 heterocycles. The van der Waals surface area contributed by atoms with Crippen molar-refractivity contribution in [3.8, 4) is 6.07 Å². The van der Waals surface area contributed by atoms with Gasteiger partial charge in [0.1, 0.15) is 6.04 Å². The Morgan fingerprint density at radius 2 is 2.18 bits per heavy atom. The van der Waals surface area contributed by atoms with Gasteiger partial charge in [-0.1, -0.05) is 12.1 Å². The number of rotatable bonds is 5. The van der Waals surface area contributed by atoms with Crippen molar-refractivity contribution in [2.75, 3.05) is 6.54 Å². The average molecular weight is 311 g/mol. The molecule has 1 amide bonds. The molecule has 0 aliphatic carbocycles. The zero-order valence-corrected chi connectivity index (χ0v) is 11.9. The summed E-state index contributed by atoms with van der Waals surface area (Å²) >= 11 is 0. The lowest BCUT2D eigenvalue weighted by molar-refractivity contribution is -0.190. The highest BCUT2D eigenvalue weighted by atomic mass is 19.4. The van der Waals surface area contributed by atoms with E-state index in [1.165, 1.54) is 0 Å². The molecule has 0 bridgehead atoms. The van der Waals surface area contributed by atoms with Gasteiger partial charge in [0.2, 0.25) is 5.91 Å². The molecule has 2 rings (SSSR count). The molecule has 0 radical (unpaired) electrons. The first-order valence-corrected chi connectivity index (χ1v) is 7.02. The highest BCUT2D eigenvalue weighted by Crippen LogP contribution is 2.29. The molecule has 7 heteroatoms. The number of carbonyl (C=O) groups is 1. The molecule has 1 atom stereocenters. The molecule has 1 saturated heterocycles. The Morgan fingerprint density at radius 1 is 1.41 bits per heavy atom. The summed E-state index contributed by atoms with van der Waals surface area (Å²) in [5.74, 6) is -0.379. The zero-order valence-electron chi connectivity index (χ0n) is 11.9. The Kier molecular flexibility index (Phi) is 5.03. The van der Waals surface area contributed by atoms with Crippen LogP contribution in [0.1, 0.15) is 30.4 Å². The first kappa shape index (κ1) is 16.3. The van der Waals surface area contributed by atoms with Gasteiger partial charge in [0.05, 0.1) is 11.6 Å². The second kappa shape index (κ2) is 6.79. The maximum absolute atomic E-state index is 13.1. The van der Waals surface area contributed by atoms with Gasteiger partial charge in [0, 0.05) is 13.0 Å². The number of nitrogens with zero attached hydrogens (tertiary/aromatic N) is 2. The molecule has 0 saturated carbocycles. The van der Waals surface area contributed by atoms with E-state index in [-0.39, 0.29) is 25.3 Å². The summed E-state index contributed by atoms with van der Waals surface area (Å²) in [5, 5.41) is 9.79. The number of nitrogens with one attached hydrogen (secondary N) is 1. The maximum Gasteiger partial charge on any atom is 0.405 e. The lowest BCUT2D eigenvalue weighted by atomic mass is 10.0. The van der Waals surface area contributed by atoms with Crippen molar-refractivity contribution in [1.82, 2.24) is 10.4 Å². The molecule has 4 nitrogen and oxygen atoms in total. The normalized spacial score (nSPS) is 17.1. The van der Waals surface area contributed by atoms with Crippen LogP contribution in [0, 0.1) is 11.3 Å². The first-order chi connectivity index (χ1) is 10.4. The van der Waals surface area contributed by atoms with E-state index in [4.69, 9.17) is 5.26 Å². The Morgan fingerprint density at radius 3 is 2.77 bits per heavy atom. The highest BCUT2D eigenvalue weighted by molar-refractivity contribution is 5.77. The number of halogens is 3. The number of aryl methyl sites for hydroxylation is 1. The van der Waals surface area contributed by atoms with Crippen LogP contribution in [0.3, 0.4) is 0 Å². The largest absolute Gasteiger partial charge is 0.405 e. The Bertz CT molecular complexity index is 580. The van der Waals surface area contributed by atoms with E-state index < -0.39 is 12.2 Å². The van der Waals surface area contributed by atoms with E-state index in [1.807, 2.05) is 6.07 Å². The van der Waals surface area contributed by atoms with Gasteiger partial charge in [-0.25, -0.2) is 5.01 Å². The minimum absolute atomic E-state index is 0.0763. The summed E-state index contributed by atoms with van der Waals surface area (Å²) < 4.78 is 39.3. The molecule has 1 fully saturated rings. The lowest BCUT2D eigenvalue weighted by Crippen LogP contribution is -2.49. The molecule has 118 valence electrons. The fourth-order valence-corrected chi connectivity index (χ4v) is 2.52. The number of nitriles is 1. The van der Waals surface area contributed by atoms with Crippen molar-refractivity contribution in [3.05, 3.63) is 35.4 Å². The molecule has 1 aromatic carbocycles. The smallest absolute Gasteiger partial charge is 0.288 e. The Hall–Kier alpha value is -2.07. The van der Waals surface area contributed by atoms with Gasteiger partial charge in [-0.2, -0.15) is 18.4 Å². The topological polar surface area (TPSA) is 56.1 Å². The predicted molar refractivity (Wildman–Crippen MR) is 73.4 cm³/mol. The van der Waals surface area contributed by atoms with Crippen molar-refractivity contribution in [2.24, 2.45) is 0 Å². The second-order valence-electron chi connectivity index (χ2n) is 5.24. The third kappa shape index (κ3) is 4.21. The predicted octanol–water partition coefficient (Wildman–Crippen LogP) is 2.55. The lowest BCUT2D eigenvalue weighted by Gasteiger charge is -2.28. The summed E-state index contributed by atoms with van der Waals surface area (Å²) in [7, 11) is 0. The maximum atomic E-state index is 13.1. The molecule has 22 heavy (non-hydrogen) atoms. The number of hydrogen-bond acceptors (Lipinski definition) is 3. The summed E-state index contributed by atoms with van der Waals surface area (Å²) in [5.41, 5.74) is 3.59.